The molecule has 2 nitrogen and oxygen atoms in total. The average Bonchev–Trinajstić information content (AvgIpc) is 2.22. The summed E-state index contributed by atoms with van der Waals surface area (Å²) in [5.41, 5.74) is 11.4. The van der Waals surface area contributed by atoms with Gasteiger partial charge in [0.05, 0.1) is 5.52 Å². The zero-order valence-corrected chi connectivity index (χ0v) is 9.46. The van der Waals surface area contributed by atoms with Crippen molar-refractivity contribution in [3.8, 4) is 0 Å². The van der Waals surface area contributed by atoms with E-state index in [4.69, 9.17) is 5.73 Å². The predicted octanol–water partition coefficient (Wildman–Crippen LogP) is 3.00. The van der Waals surface area contributed by atoms with Crippen LogP contribution in [0.3, 0.4) is 0 Å². The number of hydrogen-bond donors (Lipinski definition) is 1. The molecule has 15 heavy (non-hydrogen) atoms. The van der Waals surface area contributed by atoms with E-state index in [1.54, 1.807) is 0 Å². The van der Waals surface area contributed by atoms with Crippen molar-refractivity contribution in [1.29, 1.82) is 0 Å². The number of aryl methyl sites for hydroxylation is 3. The van der Waals surface area contributed by atoms with Crippen LogP contribution >= 0.6 is 0 Å². The van der Waals surface area contributed by atoms with Crippen LogP contribution in [0.15, 0.2) is 18.2 Å². The van der Waals surface area contributed by atoms with Gasteiger partial charge in [-0.3, -0.25) is 4.98 Å². The summed E-state index contributed by atoms with van der Waals surface area (Å²) >= 11 is 0. The molecule has 0 radical (unpaired) electrons. The molecular weight excluding hydrogens is 184 g/mol. The molecule has 0 spiro atoms. The lowest BCUT2D eigenvalue weighted by molar-refractivity contribution is 1.12. The highest BCUT2D eigenvalue weighted by atomic mass is 14.7. The van der Waals surface area contributed by atoms with E-state index in [9.17, 15) is 0 Å². The lowest BCUT2D eigenvalue weighted by Crippen LogP contribution is -1.97. The van der Waals surface area contributed by atoms with Crippen molar-refractivity contribution in [2.45, 2.75) is 27.2 Å². The maximum atomic E-state index is 6.01. The van der Waals surface area contributed by atoms with E-state index in [1.165, 1.54) is 11.1 Å². The number of fused-ring (bicyclic) bond motifs is 1. The van der Waals surface area contributed by atoms with E-state index >= 15 is 0 Å². The number of rotatable bonds is 1. The average molecular weight is 200 g/mol. The number of nitrogen functional groups attached to an aromatic ring is 1. The molecule has 78 valence electrons. The molecule has 0 aliphatic heterocycles. The Morgan fingerprint density at radius 1 is 1.27 bits per heavy atom. The van der Waals surface area contributed by atoms with Crippen LogP contribution in [-0.4, -0.2) is 4.98 Å². The van der Waals surface area contributed by atoms with Crippen LogP contribution in [0.1, 0.15) is 23.7 Å². The van der Waals surface area contributed by atoms with E-state index in [0.29, 0.717) is 0 Å². The fourth-order valence-corrected chi connectivity index (χ4v) is 2.00. The number of nitrogens with two attached hydrogens (primary N) is 1. The molecule has 0 aliphatic rings. The number of anilines is 1. The van der Waals surface area contributed by atoms with Gasteiger partial charge in [-0.2, -0.15) is 0 Å². The van der Waals surface area contributed by atoms with Gasteiger partial charge in [-0.1, -0.05) is 13.0 Å². The summed E-state index contributed by atoms with van der Waals surface area (Å²) in [5, 5.41) is 1.13. The molecule has 0 saturated carbocycles. The van der Waals surface area contributed by atoms with Gasteiger partial charge in [0.1, 0.15) is 0 Å². The molecule has 2 heteroatoms. The van der Waals surface area contributed by atoms with E-state index in [1.807, 2.05) is 19.1 Å². The number of hydrogen-bond acceptors (Lipinski definition) is 2. The third-order valence-corrected chi connectivity index (χ3v) is 2.79. The Labute approximate surface area is 90.1 Å². The van der Waals surface area contributed by atoms with Gasteiger partial charge in [0.25, 0.3) is 0 Å². The topological polar surface area (TPSA) is 38.9 Å². The molecule has 0 bridgehead atoms. The molecule has 2 aromatic rings. The number of nitrogens with zero attached hydrogens (tertiary/aromatic N) is 1. The van der Waals surface area contributed by atoms with Crippen molar-refractivity contribution in [3.63, 3.8) is 0 Å². The Hall–Kier alpha value is -1.57. The van der Waals surface area contributed by atoms with Crippen LogP contribution in [0.5, 0.6) is 0 Å². The van der Waals surface area contributed by atoms with Crippen LogP contribution in [0, 0.1) is 13.8 Å². The normalized spacial score (nSPS) is 10.9. The first kappa shape index (κ1) is 9.97. The van der Waals surface area contributed by atoms with Crippen molar-refractivity contribution in [1.82, 2.24) is 4.98 Å². The Kier molecular flexibility index (Phi) is 2.35. The van der Waals surface area contributed by atoms with Crippen LogP contribution < -0.4 is 5.73 Å². The molecule has 0 amide bonds. The molecule has 0 fully saturated rings. The largest absolute Gasteiger partial charge is 0.398 e. The first-order valence-electron chi connectivity index (χ1n) is 5.28. The first-order chi connectivity index (χ1) is 7.13. The van der Waals surface area contributed by atoms with E-state index in [2.05, 4.69) is 24.9 Å². The van der Waals surface area contributed by atoms with E-state index < -0.39 is 0 Å². The third kappa shape index (κ3) is 1.56. The molecule has 0 saturated heterocycles. The van der Waals surface area contributed by atoms with Gasteiger partial charge in [-0.25, -0.2) is 0 Å². The smallest absolute Gasteiger partial charge is 0.0757 e. The zero-order valence-electron chi connectivity index (χ0n) is 9.46. The van der Waals surface area contributed by atoms with Gasteiger partial charge < -0.3 is 5.73 Å². The second-order valence-corrected chi connectivity index (χ2v) is 3.97. The van der Waals surface area contributed by atoms with Gasteiger partial charge in [0.2, 0.25) is 0 Å². The summed E-state index contributed by atoms with van der Waals surface area (Å²) in [6.07, 6.45) is 0.994. The van der Waals surface area contributed by atoms with Crippen molar-refractivity contribution in [3.05, 3.63) is 35.0 Å². The van der Waals surface area contributed by atoms with E-state index in [-0.39, 0.29) is 0 Å². The molecule has 0 aliphatic carbocycles. The van der Waals surface area contributed by atoms with Crippen LogP contribution in [0.25, 0.3) is 10.9 Å². The molecule has 2 rings (SSSR count). The van der Waals surface area contributed by atoms with Crippen molar-refractivity contribution >= 4 is 16.6 Å². The lowest BCUT2D eigenvalue weighted by Gasteiger charge is -2.10. The second-order valence-electron chi connectivity index (χ2n) is 3.97. The van der Waals surface area contributed by atoms with Crippen molar-refractivity contribution < 1.29 is 0 Å². The first-order valence-corrected chi connectivity index (χ1v) is 5.28. The van der Waals surface area contributed by atoms with Crippen LogP contribution in [0.2, 0.25) is 0 Å². The monoisotopic (exact) mass is 200 g/mol. The van der Waals surface area contributed by atoms with E-state index in [0.717, 1.165) is 28.7 Å². The second kappa shape index (κ2) is 3.54. The maximum absolute atomic E-state index is 6.01. The SMILES string of the molecule is CCc1cc(C)nc2c(C)ccc(N)c12. The Morgan fingerprint density at radius 3 is 2.67 bits per heavy atom. The summed E-state index contributed by atoms with van der Waals surface area (Å²) in [6.45, 7) is 6.25. The fourth-order valence-electron chi connectivity index (χ4n) is 2.00. The predicted molar refractivity (Wildman–Crippen MR) is 65.0 cm³/mol. The van der Waals surface area contributed by atoms with Crippen LogP contribution in [0.4, 0.5) is 5.69 Å². The van der Waals surface area contributed by atoms with Crippen LogP contribution in [-0.2, 0) is 6.42 Å². The minimum atomic E-state index is 0.833. The molecule has 1 aromatic heterocycles. The quantitative estimate of drug-likeness (QED) is 0.719. The number of pyridine rings is 1. The van der Waals surface area contributed by atoms with Gasteiger partial charge in [0.15, 0.2) is 0 Å². The molecular formula is C13H16N2. The molecule has 1 aromatic carbocycles. The van der Waals surface area contributed by atoms with Gasteiger partial charge in [0, 0.05) is 16.8 Å². The summed E-state index contributed by atoms with van der Waals surface area (Å²) in [6, 6.07) is 6.12. The Bertz CT molecular complexity index is 515. The molecule has 2 N–H and O–H groups in total. The Balaban J connectivity index is 2.95. The number of aromatic nitrogens is 1. The fraction of sp³-hybridized carbons (Fsp3) is 0.308. The number of benzene rings is 1. The highest BCUT2D eigenvalue weighted by Crippen LogP contribution is 2.27. The highest BCUT2D eigenvalue weighted by molar-refractivity contribution is 5.95. The lowest BCUT2D eigenvalue weighted by atomic mass is 10.0. The zero-order chi connectivity index (χ0) is 11.0. The summed E-state index contributed by atoms with van der Waals surface area (Å²) in [7, 11) is 0. The standard InChI is InChI=1S/C13H16N2/c1-4-10-7-9(3)15-13-8(2)5-6-11(14)12(10)13/h5-7H,4,14H2,1-3H3. The van der Waals surface area contributed by atoms with Gasteiger partial charge in [-0.05, 0) is 43.5 Å². The van der Waals surface area contributed by atoms with Gasteiger partial charge >= 0.3 is 0 Å². The highest BCUT2D eigenvalue weighted by Gasteiger charge is 2.07. The van der Waals surface area contributed by atoms with Crippen molar-refractivity contribution in [2.24, 2.45) is 0 Å². The minimum Gasteiger partial charge on any atom is -0.398 e. The Morgan fingerprint density at radius 2 is 2.00 bits per heavy atom. The summed E-state index contributed by atoms with van der Waals surface area (Å²) in [5.74, 6) is 0. The molecule has 0 unspecified atom stereocenters. The molecule has 0 atom stereocenters. The maximum Gasteiger partial charge on any atom is 0.0757 e. The minimum absolute atomic E-state index is 0.833. The molecule has 1 heterocycles. The summed E-state index contributed by atoms with van der Waals surface area (Å²) < 4.78 is 0. The van der Waals surface area contributed by atoms with Gasteiger partial charge in [-0.15, -0.1) is 0 Å². The summed E-state index contributed by atoms with van der Waals surface area (Å²) in [4.78, 5) is 4.56. The van der Waals surface area contributed by atoms with Crippen molar-refractivity contribution in [2.75, 3.05) is 5.73 Å². The third-order valence-electron chi connectivity index (χ3n) is 2.79.